The number of carbonyl (C=O) groups excluding carboxylic acids is 1. The number of thiocarbonyl (C=S) groups is 1. The van der Waals surface area contributed by atoms with Crippen LogP contribution in [0.1, 0.15) is 10.4 Å². The van der Waals surface area contributed by atoms with Crippen LogP contribution in [-0.2, 0) is 14.6 Å². The number of nitrogens with two attached hydrogens (primary N) is 1. The van der Waals surface area contributed by atoms with Crippen LogP contribution < -0.4 is 11.1 Å². The molecule has 8 heteroatoms. The molecule has 0 unspecified atom stereocenters. The van der Waals surface area contributed by atoms with E-state index in [1.54, 1.807) is 0 Å². The Balaban J connectivity index is 3.38. The number of nitrogens with one attached hydrogen (secondary N) is 1. The van der Waals surface area contributed by atoms with Crippen LogP contribution in [0.4, 0.5) is 5.69 Å². The second-order valence-corrected chi connectivity index (χ2v) is 5.92. The minimum atomic E-state index is -3.41. The molecule has 0 spiro atoms. The molecule has 0 aromatic heterocycles. The number of hydrogen-bond acceptors (Lipinski definition) is 5. The van der Waals surface area contributed by atoms with Gasteiger partial charge in [-0.3, -0.25) is 0 Å². The third-order valence-electron chi connectivity index (χ3n) is 2.08. The van der Waals surface area contributed by atoms with Gasteiger partial charge in [-0.2, -0.15) is 0 Å². The van der Waals surface area contributed by atoms with Gasteiger partial charge in [0.25, 0.3) is 0 Å². The number of methoxy groups -OCH3 is 1. The quantitative estimate of drug-likeness (QED) is 0.618. The highest BCUT2D eigenvalue weighted by molar-refractivity contribution is 7.90. The van der Waals surface area contributed by atoms with E-state index in [0.29, 0.717) is 5.69 Å². The molecule has 6 nitrogen and oxygen atoms in total. The van der Waals surface area contributed by atoms with Crippen molar-refractivity contribution >= 4 is 38.8 Å². The monoisotopic (exact) mass is 288 g/mol. The number of benzene rings is 1. The van der Waals surface area contributed by atoms with Crippen molar-refractivity contribution in [3.8, 4) is 0 Å². The van der Waals surface area contributed by atoms with E-state index in [0.717, 1.165) is 6.26 Å². The highest BCUT2D eigenvalue weighted by atomic mass is 32.2. The number of hydrogen-bond donors (Lipinski definition) is 2. The zero-order valence-corrected chi connectivity index (χ0v) is 11.4. The van der Waals surface area contributed by atoms with Gasteiger partial charge in [0, 0.05) is 6.26 Å². The molecule has 0 radical (unpaired) electrons. The van der Waals surface area contributed by atoms with Gasteiger partial charge in [0.1, 0.15) is 0 Å². The lowest BCUT2D eigenvalue weighted by atomic mass is 10.2. The summed E-state index contributed by atoms with van der Waals surface area (Å²) in [5, 5.41) is 2.55. The molecular weight excluding hydrogens is 276 g/mol. The van der Waals surface area contributed by atoms with E-state index in [-0.39, 0.29) is 15.6 Å². The van der Waals surface area contributed by atoms with E-state index in [1.165, 1.54) is 25.3 Å². The third-order valence-corrected chi connectivity index (χ3v) is 3.29. The molecule has 3 N–H and O–H groups in total. The predicted molar refractivity (Wildman–Crippen MR) is 71.3 cm³/mol. The summed E-state index contributed by atoms with van der Waals surface area (Å²) in [6.45, 7) is 0. The van der Waals surface area contributed by atoms with Gasteiger partial charge in [0.05, 0.1) is 23.3 Å². The van der Waals surface area contributed by atoms with E-state index in [9.17, 15) is 13.2 Å². The molecule has 0 saturated carbocycles. The Morgan fingerprint density at radius 1 is 1.44 bits per heavy atom. The van der Waals surface area contributed by atoms with Gasteiger partial charge < -0.3 is 15.8 Å². The summed E-state index contributed by atoms with van der Waals surface area (Å²) in [4.78, 5) is 11.6. The smallest absolute Gasteiger partial charge is 0.340 e. The van der Waals surface area contributed by atoms with Gasteiger partial charge >= 0.3 is 5.97 Å². The third kappa shape index (κ3) is 3.41. The lowest BCUT2D eigenvalue weighted by molar-refractivity contribution is 0.0601. The Labute approximate surface area is 110 Å². The van der Waals surface area contributed by atoms with Gasteiger partial charge in [-0.25, -0.2) is 13.2 Å². The standard InChI is InChI=1S/C10H12N2O4S2/c1-16-9(13)7-5-6(18(2,14)15)3-4-8(7)12-10(11)17/h3-5H,1-2H3,(H3,11,12,17). The second kappa shape index (κ2) is 5.32. The van der Waals surface area contributed by atoms with E-state index in [2.05, 4.69) is 22.3 Å². The van der Waals surface area contributed by atoms with E-state index in [4.69, 9.17) is 5.73 Å². The summed E-state index contributed by atoms with van der Waals surface area (Å²) < 4.78 is 27.4. The number of anilines is 1. The molecule has 0 bridgehead atoms. The molecule has 1 aromatic rings. The minimum Gasteiger partial charge on any atom is -0.465 e. The maximum Gasteiger partial charge on any atom is 0.340 e. The van der Waals surface area contributed by atoms with Gasteiger partial charge in [0.2, 0.25) is 0 Å². The van der Waals surface area contributed by atoms with Crippen LogP contribution >= 0.6 is 12.2 Å². The molecule has 1 aromatic carbocycles. The summed E-state index contributed by atoms with van der Waals surface area (Å²) >= 11 is 4.66. The SMILES string of the molecule is COC(=O)c1cc(S(C)(=O)=O)ccc1NC(N)=S. The average molecular weight is 288 g/mol. The fourth-order valence-electron chi connectivity index (χ4n) is 1.27. The molecule has 0 saturated heterocycles. The van der Waals surface area contributed by atoms with Crippen LogP contribution in [0, 0.1) is 0 Å². The van der Waals surface area contributed by atoms with Gasteiger partial charge in [-0.05, 0) is 30.4 Å². The Hall–Kier alpha value is -1.67. The topological polar surface area (TPSA) is 98.5 Å². The summed E-state index contributed by atoms with van der Waals surface area (Å²) in [5.41, 5.74) is 5.65. The maximum atomic E-state index is 11.6. The molecule has 0 atom stereocenters. The van der Waals surface area contributed by atoms with Crippen molar-refractivity contribution in [2.24, 2.45) is 5.73 Å². The molecule has 18 heavy (non-hydrogen) atoms. The van der Waals surface area contributed by atoms with Crippen LogP contribution in [0.5, 0.6) is 0 Å². The highest BCUT2D eigenvalue weighted by Gasteiger charge is 2.16. The second-order valence-electron chi connectivity index (χ2n) is 3.46. The van der Waals surface area contributed by atoms with Crippen molar-refractivity contribution in [2.75, 3.05) is 18.7 Å². The summed E-state index contributed by atoms with van der Waals surface area (Å²) in [6.07, 6.45) is 1.05. The van der Waals surface area contributed by atoms with E-state index >= 15 is 0 Å². The van der Waals surface area contributed by atoms with Crippen LogP contribution in [0.25, 0.3) is 0 Å². The Morgan fingerprint density at radius 2 is 2.06 bits per heavy atom. The lowest BCUT2D eigenvalue weighted by Crippen LogP contribution is -2.21. The van der Waals surface area contributed by atoms with Crippen LogP contribution in [0.3, 0.4) is 0 Å². The molecule has 0 fully saturated rings. The predicted octanol–water partition coefficient (Wildman–Crippen LogP) is 0.532. The van der Waals surface area contributed by atoms with Crippen molar-refractivity contribution in [3.05, 3.63) is 23.8 Å². The molecule has 0 aliphatic rings. The number of ether oxygens (including phenoxy) is 1. The highest BCUT2D eigenvalue weighted by Crippen LogP contribution is 2.21. The van der Waals surface area contributed by atoms with Gasteiger partial charge in [-0.15, -0.1) is 0 Å². The molecule has 0 amide bonds. The van der Waals surface area contributed by atoms with Crippen LogP contribution in [0.2, 0.25) is 0 Å². The fourth-order valence-corrected chi connectivity index (χ4v) is 2.03. The summed E-state index contributed by atoms with van der Waals surface area (Å²) in [6, 6.07) is 3.96. The Kier molecular flexibility index (Phi) is 4.25. The number of carbonyl (C=O) groups is 1. The fraction of sp³-hybridized carbons (Fsp3) is 0.200. The molecule has 0 aliphatic carbocycles. The Morgan fingerprint density at radius 3 is 2.50 bits per heavy atom. The number of sulfone groups is 1. The average Bonchev–Trinajstić information content (AvgIpc) is 2.26. The van der Waals surface area contributed by atoms with E-state index < -0.39 is 15.8 Å². The first-order valence-corrected chi connectivity index (χ1v) is 7.04. The maximum absolute atomic E-state index is 11.6. The van der Waals surface area contributed by atoms with Crippen molar-refractivity contribution in [2.45, 2.75) is 4.90 Å². The van der Waals surface area contributed by atoms with E-state index in [1.807, 2.05) is 0 Å². The van der Waals surface area contributed by atoms with Crippen molar-refractivity contribution in [1.82, 2.24) is 0 Å². The van der Waals surface area contributed by atoms with Crippen LogP contribution in [-0.4, -0.2) is 32.9 Å². The minimum absolute atomic E-state index is 0.0105. The molecule has 0 aliphatic heterocycles. The van der Waals surface area contributed by atoms with Crippen molar-refractivity contribution < 1.29 is 17.9 Å². The zero-order valence-electron chi connectivity index (χ0n) is 9.76. The zero-order chi connectivity index (χ0) is 13.9. The first-order chi connectivity index (χ1) is 8.25. The molecule has 1 rings (SSSR count). The van der Waals surface area contributed by atoms with Crippen molar-refractivity contribution in [3.63, 3.8) is 0 Å². The van der Waals surface area contributed by atoms with Crippen molar-refractivity contribution in [1.29, 1.82) is 0 Å². The number of esters is 1. The molecule has 98 valence electrons. The summed E-state index contributed by atoms with van der Waals surface area (Å²) in [5.74, 6) is -0.681. The van der Waals surface area contributed by atoms with Crippen LogP contribution in [0.15, 0.2) is 23.1 Å². The first kappa shape index (κ1) is 14.4. The molecular formula is C10H12N2O4S2. The largest absolute Gasteiger partial charge is 0.465 e. The lowest BCUT2D eigenvalue weighted by Gasteiger charge is -2.10. The van der Waals surface area contributed by atoms with Gasteiger partial charge in [0.15, 0.2) is 14.9 Å². The van der Waals surface area contributed by atoms with Gasteiger partial charge in [-0.1, -0.05) is 0 Å². The number of rotatable bonds is 3. The molecule has 0 heterocycles. The first-order valence-electron chi connectivity index (χ1n) is 4.74. The Bertz CT molecular complexity index is 596. The summed E-state index contributed by atoms with van der Waals surface area (Å²) in [7, 11) is -2.22. The normalized spacial score (nSPS) is 10.8.